The molecule has 5 heteroatoms. The fraction of sp³-hybridized carbons (Fsp3) is 0.450. The van der Waals surface area contributed by atoms with Crippen molar-refractivity contribution in [1.29, 1.82) is 0 Å². The lowest BCUT2D eigenvalue weighted by atomic mass is 9.99. The number of hydrogen-bond donors (Lipinski definition) is 2. The van der Waals surface area contributed by atoms with E-state index in [0.29, 0.717) is 5.92 Å². The van der Waals surface area contributed by atoms with Gasteiger partial charge in [-0.15, -0.1) is 0 Å². The highest BCUT2D eigenvalue weighted by Gasteiger charge is 2.20. The molecule has 1 aromatic carbocycles. The van der Waals surface area contributed by atoms with Gasteiger partial charge in [0.05, 0.1) is 5.52 Å². The molecule has 1 aliphatic rings. The topological polar surface area (TPSA) is 66.5 Å². The summed E-state index contributed by atoms with van der Waals surface area (Å²) in [6, 6.07) is 8.13. The van der Waals surface area contributed by atoms with Crippen LogP contribution in [-0.4, -0.2) is 20.2 Å². The molecule has 0 spiro atoms. The third-order valence-electron chi connectivity index (χ3n) is 5.33. The van der Waals surface area contributed by atoms with E-state index in [4.69, 9.17) is 9.97 Å². The number of anilines is 2. The maximum atomic E-state index is 4.90. The molecule has 2 aromatic heterocycles. The molecule has 5 nitrogen and oxygen atoms in total. The number of benzene rings is 1. The van der Waals surface area contributed by atoms with Gasteiger partial charge in [0, 0.05) is 22.6 Å². The van der Waals surface area contributed by atoms with Gasteiger partial charge in [-0.3, -0.25) is 5.10 Å². The molecule has 0 amide bonds. The normalized spacial score (nSPS) is 16.1. The SMILES string of the molecule is Cc1nc(C2CCCCCC2)nc(Nc2n[nH]c3ccccc23)c1C. The fourth-order valence-electron chi connectivity index (χ4n) is 3.66. The zero-order valence-electron chi connectivity index (χ0n) is 15.0. The number of nitrogens with zero attached hydrogens (tertiary/aromatic N) is 3. The van der Waals surface area contributed by atoms with E-state index in [1.807, 2.05) is 18.2 Å². The number of aryl methyl sites for hydroxylation is 1. The van der Waals surface area contributed by atoms with Crippen molar-refractivity contribution in [3.63, 3.8) is 0 Å². The maximum absolute atomic E-state index is 4.90. The van der Waals surface area contributed by atoms with Crippen LogP contribution in [0, 0.1) is 13.8 Å². The van der Waals surface area contributed by atoms with E-state index in [1.165, 1.54) is 38.5 Å². The molecule has 0 atom stereocenters. The number of aromatic amines is 1. The number of fused-ring (bicyclic) bond motifs is 1. The summed E-state index contributed by atoms with van der Waals surface area (Å²) in [6.07, 6.45) is 7.65. The van der Waals surface area contributed by atoms with E-state index < -0.39 is 0 Å². The Morgan fingerprint density at radius 3 is 2.52 bits per heavy atom. The molecule has 0 radical (unpaired) electrons. The van der Waals surface area contributed by atoms with Crippen LogP contribution in [0.4, 0.5) is 11.6 Å². The molecular weight excluding hydrogens is 310 g/mol. The Labute approximate surface area is 148 Å². The molecule has 2 N–H and O–H groups in total. The summed E-state index contributed by atoms with van der Waals surface area (Å²) < 4.78 is 0. The Kier molecular flexibility index (Phi) is 4.38. The van der Waals surface area contributed by atoms with Gasteiger partial charge in [-0.05, 0) is 38.8 Å². The van der Waals surface area contributed by atoms with Gasteiger partial charge in [0.25, 0.3) is 0 Å². The Bertz CT molecular complexity index is 875. The van der Waals surface area contributed by atoms with Gasteiger partial charge in [-0.1, -0.05) is 37.8 Å². The molecule has 0 bridgehead atoms. The van der Waals surface area contributed by atoms with Gasteiger partial charge in [0.15, 0.2) is 5.82 Å². The average molecular weight is 335 g/mol. The summed E-state index contributed by atoms with van der Waals surface area (Å²) in [6.45, 7) is 4.15. The molecule has 0 unspecified atom stereocenters. The number of aromatic nitrogens is 4. The van der Waals surface area contributed by atoms with Crippen LogP contribution < -0.4 is 5.32 Å². The van der Waals surface area contributed by atoms with E-state index in [-0.39, 0.29) is 0 Å². The first-order valence-corrected chi connectivity index (χ1v) is 9.27. The van der Waals surface area contributed by atoms with Crippen molar-refractivity contribution in [3.05, 3.63) is 41.3 Å². The highest BCUT2D eigenvalue weighted by molar-refractivity contribution is 5.91. The molecular formula is C20H25N5. The number of hydrogen-bond acceptors (Lipinski definition) is 4. The van der Waals surface area contributed by atoms with Crippen molar-refractivity contribution in [1.82, 2.24) is 20.2 Å². The summed E-state index contributed by atoms with van der Waals surface area (Å²) in [5.41, 5.74) is 3.17. The molecule has 0 saturated heterocycles. The van der Waals surface area contributed by atoms with Gasteiger partial charge in [-0.25, -0.2) is 9.97 Å². The molecule has 3 aromatic rings. The van der Waals surface area contributed by atoms with Crippen molar-refractivity contribution in [2.45, 2.75) is 58.3 Å². The number of nitrogens with one attached hydrogen (secondary N) is 2. The van der Waals surface area contributed by atoms with Crippen molar-refractivity contribution >= 4 is 22.5 Å². The molecule has 4 rings (SSSR count). The minimum absolute atomic E-state index is 0.485. The van der Waals surface area contributed by atoms with Crippen LogP contribution >= 0.6 is 0 Å². The van der Waals surface area contributed by atoms with Gasteiger partial charge in [0.1, 0.15) is 11.6 Å². The first-order chi connectivity index (χ1) is 12.2. The van der Waals surface area contributed by atoms with E-state index in [9.17, 15) is 0 Å². The number of rotatable bonds is 3. The summed E-state index contributed by atoms with van der Waals surface area (Å²) in [5, 5.41) is 12.0. The molecule has 130 valence electrons. The molecule has 25 heavy (non-hydrogen) atoms. The third kappa shape index (κ3) is 3.23. The highest BCUT2D eigenvalue weighted by Crippen LogP contribution is 2.32. The van der Waals surface area contributed by atoms with Crippen molar-refractivity contribution < 1.29 is 0 Å². The molecule has 1 saturated carbocycles. The smallest absolute Gasteiger partial charge is 0.161 e. The first-order valence-electron chi connectivity index (χ1n) is 9.27. The first kappa shape index (κ1) is 16.1. The Hall–Kier alpha value is -2.43. The van der Waals surface area contributed by atoms with Crippen LogP contribution in [0.15, 0.2) is 24.3 Å². The average Bonchev–Trinajstić information content (AvgIpc) is 2.84. The van der Waals surface area contributed by atoms with E-state index in [2.05, 4.69) is 35.4 Å². The summed E-state index contributed by atoms with van der Waals surface area (Å²) in [4.78, 5) is 9.72. The lowest BCUT2D eigenvalue weighted by Crippen LogP contribution is -2.09. The standard InChI is InChI=1S/C20H25N5/c1-13-14(2)21-19(15-9-5-3-4-6-10-15)22-18(13)23-20-16-11-7-8-12-17(16)24-25-20/h7-8,11-12,15H,3-6,9-10H2,1-2H3,(H2,21,22,23,24,25). The van der Waals surface area contributed by atoms with Gasteiger partial charge in [0.2, 0.25) is 0 Å². The van der Waals surface area contributed by atoms with Gasteiger partial charge < -0.3 is 5.32 Å². The van der Waals surface area contributed by atoms with Crippen molar-refractivity contribution in [3.8, 4) is 0 Å². The lowest BCUT2D eigenvalue weighted by molar-refractivity contribution is 0.559. The molecule has 1 fully saturated rings. The Morgan fingerprint density at radius 1 is 0.960 bits per heavy atom. The largest absolute Gasteiger partial charge is 0.323 e. The maximum Gasteiger partial charge on any atom is 0.161 e. The van der Waals surface area contributed by atoms with Crippen LogP contribution in [0.2, 0.25) is 0 Å². The molecule has 0 aliphatic heterocycles. The van der Waals surface area contributed by atoms with Gasteiger partial charge >= 0.3 is 0 Å². The number of para-hydroxylation sites is 1. The molecule has 1 aliphatic carbocycles. The summed E-state index contributed by atoms with van der Waals surface area (Å²) >= 11 is 0. The molecule has 2 heterocycles. The number of H-pyrrole nitrogens is 1. The second-order valence-electron chi connectivity index (χ2n) is 7.07. The monoisotopic (exact) mass is 335 g/mol. The second-order valence-corrected chi connectivity index (χ2v) is 7.07. The van der Waals surface area contributed by atoms with E-state index in [1.54, 1.807) is 0 Å². The fourth-order valence-corrected chi connectivity index (χ4v) is 3.66. The van der Waals surface area contributed by atoms with Crippen LogP contribution in [0.1, 0.15) is 61.5 Å². The van der Waals surface area contributed by atoms with Crippen molar-refractivity contribution in [2.24, 2.45) is 0 Å². The zero-order chi connectivity index (χ0) is 17.2. The quantitative estimate of drug-likeness (QED) is 0.650. The Balaban J connectivity index is 1.68. The zero-order valence-corrected chi connectivity index (χ0v) is 15.0. The van der Waals surface area contributed by atoms with Crippen LogP contribution in [0.3, 0.4) is 0 Å². The summed E-state index contributed by atoms with van der Waals surface area (Å²) in [7, 11) is 0. The highest BCUT2D eigenvalue weighted by atomic mass is 15.2. The van der Waals surface area contributed by atoms with Crippen molar-refractivity contribution in [2.75, 3.05) is 5.32 Å². The predicted molar refractivity (Wildman–Crippen MR) is 101 cm³/mol. The van der Waals surface area contributed by atoms with Crippen LogP contribution in [0.5, 0.6) is 0 Å². The third-order valence-corrected chi connectivity index (χ3v) is 5.33. The van der Waals surface area contributed by atoms with Crippen LogP contribution in [-0.2, 0) is 0 Å². The minimum Gasteiger partial charge on any atom is -0.323 e. The Morgan fingerprint density at radius 2 is 1.72 bits per heavy atom. The van der Waals surface area contributed by atoms with Crippen LogP contribution in [0.25, 0.3) is 10.9 Å². The van der Waals surface area contributed by atoms with E-state index >= 15 is 0 Å². The summed E-state index contributed by atoms with van der Waals surface area (Å²) in [5.74, 6) is 3.18. The lowest BCUT2D eigenvalue weighted by Gasteiger charge is -2.16. The predicted octanol–water partition coefficient (Wildman–Crippen LogP) is 5.15. The van der Waals surface area contributed by atoms with E-state index in [0.717, 1.165) is 39.6 Å². The van der Waals surface area contributed by atoms with Gasteiger partial charge in [-0.2, -0.15) is 5.10 Å². The minimum atomic E-state index is 0.485. The second kappa shape index (κ2) is 6.82.